The first-order chi connectivity index (χ1) is 9.17. The van der Waals surface area contributed by atoms with Gasteiger partial charge in [-0.3, -0.25) is 0 Å². The van der Waals surface area contributed by atoms with Gasteiger partial charge in [-0.1, -0.05) is 6.07 Å². The number of anilines is 3. The largest absolute Gasteiger partial charge is 0.490 e. The van der Waals surface area contributed by atoms with Crippen LogP contribution >= 0.6 is 0 Å². The topological polar surface area (TPSA) is 85.1 Å². The highest BCUT2D eigenvalue weighted by atomic mass is 19.1. The first-order valence-corrected chi connectivity index (χ1v) is 5.55. The molecule has 1 heterocycles. The molecule has 19 heavy (non-hydrogen) atoms. The fourth-order valence-corrected chi connectivity index (χ4v) is 1.63. The zero-order valence-corrected chi connectivity index (χ0v) is 10.6. The lowest BCUT2D eigenvalue weighted by molar-refractivity contribution is 0.415. The van der Waals surface area contributed by atoms with Crippen LogP contribution in [0, 0.1) is 12.7 Å². The Balaban J connectivity index is 2.41. The minimum atomic E-state index is -0.296. The number of nitrogens with zero attached hydrogens (tertiary/aromatic N) is 2. The molecule has 0 spiro atoms. The Bertz CT molecular complexity index is 590. The average Bonchev–Trinajstić information content (AvgIpc) is 2.43. The first kappa shape index (κ1) is 13.0. The van der Waals surface area contributed by atoms with Gasteiger partial charge in [-0.05, 0) is 19.1 Å². The molecule has 0 radical (unpaired) electrons. The van der Waals surface area contributed by atoms with Crippen molar-refractivity contribution in [3.05, 3.63) is 35.9 Å². The Morgan fingerprint density at radius 2 is 2.00 bits per heavy atom. The molecular weight excluding hydrogens is 249 g/mol. The summed E-state index contributed by atoms with van der Waals surface area (Å²) >= 11 is 0. The van der Waals surface area contributed by atoms with Crippen LogP contribution in [0.5, 0.6) is 5.75 Å². The van der Waals surface area contributed by atoms with Crippen LogP contribution in [-0.4, -0.2) is 17.1 Å². The molecule has 0 unspecified atom stereocenters. The minimum Gasteiger partial charge on any atom is -0.490 e. The van der Waals surface area contributed by atoms with Crippen LogP contribution < -0.4 is 21.3 Å². The maximum absolute atomic E-state index is 13.5. The van der Waals surface area contributed by atoms with E-state index in [1.165, 1.54) is 19.5 Å². The smallest absolute Gasteiger partial charge is 0.205 e. The minimum absolute atomic E-state index is 0.296. The molecule has 0 aliphatic heterocycles. The van der Waals surface area contributed by atoms with Gasteiger partial charge in [-0.15, -0.1) is 0 Å². The van der Waals surface area contributed by atoms with Crippen LogP contribution in [0.15, 0.2) is 24.5 Å². The van der Waals surface area contributed by atoms with Crippen molar-refractivity contribution in [2.45, 2.75) is 6.92 Å². The van der Waals surface area contributed by atoms with E-state index in [-0.39, 0.29) is 5.82 Å². The molecule has 0 atom stereocenters. The number of aromatic nitrogens is 2. The number of rotatable bonds is 4. The second kappa shape index (κ2) is 5.49. The molecule has 0 fully saturated rings. The Morgan fingerprint density at radius 1 is 1.26 bits per heavy atom. The van der Waals surface area contributed by atoms with Gasteiger partial charge in [0, 0.05) is 11.3 Å². The summed E-state index contributed by atoms with van der Waals surface area (Å²) in [6, 6.07) is 4.75. The molecule has 7 heteroatoms. The summed E-state index contributed by atoms with van der Waals surface area (Å²) in [4.78, 5) is 7.98. The predicted octanol–water partition coefficient (Wildman–Crippen LogP) is 1.96. The van der Waals surface area contributed by atoms with Crippen molar-refractivity contribution >= 4 is 17.3 Å². The van der Waals surface area contributed by atoms with Crippen LogP contribution in [0.3, 0.4) is 0 Å². The van der Waals surface area contributed by atoms with Crippen LogP contribution in [0.2, 0.25) is 0 Å². The van der Waals surface area contributed by atoms with Gasteiger partial charge in [0.1, 0.15) is 12.1 Å². The molecule has 6 nitrogen and oxygen atoms in total. The van der Waals surface area contributed by atoms with Gasteiger partial charge in [0.05, 0.1) is 7.11 Å². The number of hydrogen-bond acceptors (Lipinski definition) is 6. The Morgan fingerprint density at radius 3 is 2.68 bits per heavy atom. The van der Waals surface area contributed by atoms with E-state index in [1.54, 1.807) is 19.1 Å². The number of nitrogen functional groups attached to an aromatic ring is 1. The standard InChI is InChI=1S/C12H14FN5O/c1-7-8(13)4-3-5-9(7)17-11-10(19-2)12(18-14)16-6-15-11/h3-6H,14H2,1-2H3,(H2,15,16,17,18). The summed E-state index contributed by atoms with van der Waals surface area (Å²) in [5, 5.41) is 3.00. The van der Waals surface area contributed by atoms with E-state index in [4.69, 9.17) is 10.6 Å². The summed E-state index contributed by atoms with van der Waals surface area (Å²) in [6.45, 7) is 1.67. The van der Waals surface area contributed by atoms with E-state index in [9.17, 15) is 4.39 Å². The highest BCUT2D eigenvalue weighted by molar-refractivity contribution is 5.70. The molecule has 1 aromatic carbocycles. The number of ether oxygens (including phenoxy) is 1. The third-order valence-corrected chi connectivity index (χ3v) is 2.67. The van der Waals surface area contributed by atoms with Crippen molar-refractivity contribution < 1.29 is 9.13 Å². The van der Waals surface area contributed by atoms with Crippen LogP contribution in [0.25, 0.3) is 0 Å². The first-order valence-electron chi connectivity index (χ1n) is 5.55. The number of halogens is 1. The number of hydrogen-bond donors (Lipinski definition) is 3. The number of methoxy groups -OCH3 is 1. The zero-order chi connectivity index (χ0) is 13.8. The Kier molecular flexibility index (Phi) is 3.76. The molecule has 2 aromatic rings. The third kappa shape index (κ3) is 2.55. The molecular formula is C12H14FN5O. The predicted molar refractivity (Wildman–Crippen MR) is 70.8 cm³/mol. The molecule has 100 valence electrons. The molecule has 0 amide bonds. The molecule has 0 aliphatic carbocycles. The highest BCUT2D eigenvalue weighted by Gasteiger charge is 2.13. The van der Waals surface area contributed by atoms with Gasteiger partial charge < -0.3 is 15.5 Å². The maximum atomic E-state index is 13.5. The summed E-state index contributed by atoms with van der Waals surface area (Å²) in [5.41, 5.74) is 3.50. The van der Waals surface area contributed by atoms with Crippen LogP contribution in [0.4, 0.5) is 21.7 Å². The van der Waals surface area contributed by atoms with Crippen molar-refractivity contribution in [1.82, 2.24) is 9.97 Å². The summed E-state index contributed by atoms with van der Waals surface area (Å²) in [7, 11) is 1.48. The number of nitrogens with one attached hydrogen (secondary N) is 2. The van der Waals surface area contributed by atoms with Gasteiger partial charge in [-0.25, -0.2) is 20.2 Å². The second-order valence-corrected chi connectivity index (χ2v) is 3.79. The normalized spacial score (nSPS) is 10.1. The van der Waals surface area contributed by atoms with Gasteiger partial charge in [0.2, 0.25) is 5.75 Å². The van der Waals surface area contributed by atoms with E-state index in [0.717, 1.165) is 0 Å². The number of benzene rings is 1. The SMILES string of the molecule is COc1c(NN)ncnc1Nc1cccc(F)c1C. The van der Waals surface area contributed by atoms with Crippen molar-refractivity contribution in [3.8, 4) is 5.75 Å². The fourth-order valence-electron chi connectivity index (χ4n) is 1.63. The van der Waals surface area contributed by atoms with Gasteiger partial charge in [0.15, 0.2) is 11.6 Å². The van der Waals surface area contributed by atoms with Crippen LogP contribution in [0.1, 0.15) is 5.56 Å². The van der Waals surface area contributed by atoms with Crippen molar-refractivity contribution in [2.75, 3.05) is 17.9 Å². The fraction of sp³-hybridized carbons (Fsp3) is 0.167. The maximum Gasteiger partial charge on any atom is 0.205 e. The van der Waals surface area contributed by atoms with E-state index in [0.29, 0.717) is 28.6 Å². The van der Waals surface area contributed by atoms with Crippen molar-refractivity contribution in [1.29, 1.82) is 0 Å². The summed E-state index contributed by atoms with van der Waals surface area (Å²) < 4.78 is 18.7. The molecule has 1 aromatic heterocycles. The van der Waals surface area contributed by atoms with E-state index in [1.807, 2.05) is 0 Å². The number of nitrogens with two attached hydrogens (primary N) is 1. The van der Waals surface area contributed by atoms with Crippen LogP contribution in [-0.2, 0) is 0 Å². The Hall–Kier alpha value is -2.41. The Labute approximate surface area is 109 Å². The number of hydrazine groups is 1. The van der Waals surface area contributed by atoms with Crippen molar-refractivity contribution in [2.24, 2.45) is 5.84 Å². The molecule has 4 N–H and O–H groups in total. The summed E-state index contributed by atoms with van der Waals surface area (Å²) in [6.07, 6.45) is 1.33. The van der Waals surface area contributed by atoms with E-state index < -0.39 is 0 Å². The van der Waals surface area contributed by atoms with E-state index >= 15 is 0 Å². The molecule has 0 aliphatic rings. The lowest BCUT2D eigenvalue weighted by Crippen LogP contribution is -2.11. The quantitative estimate of drug-likeness (QED) is 0.577. The highest BCUT2D eigenvalue weighted by Crippen LogP contribution is 2.31. The third-order valence-electron chi connectivity index (χ3n) is 2.67. The monoisotopic (exact) mass is 263 g/mol. The zero-order valence-electron chi connectivity index (χ0n) is 10.6. The van der Waals surface area contributed by atoms with Crippen molar-refractivity contribution in [3.63, 3.8) is 0 Å². The molecule has 2 rings (SSSR count). The molecule has 0 saturated carbocycles. The van der Waals surface area contributed by atoms with Gasteiger partial charge in [0.25, 0.3) is 0 Å². The molecule has 0 bridgehead atoms. The van der Waals surface area contributed by atoms with Gasteiger partial charge >= 0.3 is 0 Å². The van der Waals surface area contributed by atoms with Gasteiger partial charge in [-0.2, -0.15) is 0 Å². The average molecular weight is 263 g/mol. The lowest BCUT2D eigenvalue weighted by Gasteiger charge is -2.14. The van der Waals surface area contributed by atoms with E-state index in [2.05, 4.69) is 20.7 Å². The molecule has 0 saturated heterocycles. The lowest BCUT2D eigenvalue weighted by atomic mass is 10.2. The second-order valence-electron chi connectivity index (χ2n) is 3.79. The summed E-state index contributed by atoms with van der Waals surface area (Å²) in [5.74, 6) is 6.14.